The molecule has 1 aromatic rings. The average molecular weight is 317 g/mol. The second-order valence-corrected chi connectivity index (χ2v) is 6.31. The van der Waals surface area contributed by atoms with Gasteiger partial charge in [-0.3, -0.25) is 0 Å². The molecule has 0 spiro atoms. The molecule has 1 aliphatic carbocycles. The van der Waals surface area contributed by atoms with Gasteiger partial charge in [-0.15, -0.1) is 0 Å². The average Bonchev–Trinajstić information content (AvgIpc) is 2.43. The van der Waals surface area contributed by atoms with Gasteiger partial charge in [0, 0.05) is 11.6 Å². The Balaban J connectivity index is 2.08. The first-order valence-electron chi connectivity index (χ1n) is 7.41. The van der Waals surface area contributed by atoms with E-state index in [1.165, 1.54) is 32.1 Å². The SMILES string of the molecule is CCOc1cc(Cl)c(C(O)CC2CCCCC2)cc1Cl. The van der Waals surface area contributed by atoms with Crippen molar-refractivity contribution in [2.24, 2.45) is 5.92 Å². The molecule has 2 rings (SSSR count). The molecule has 4 heteroatoms. The lowest BCUT2D eigenvalue weighted by atomic mass is 9.84. The van der Waals surface area contributed by atoms with E-state index < -0.39 is 6.10 Å². The molecule has 1 N–H and O–H groups in total. The number of halogens is 2. The summed E-state index contributed by atoms with van der Waals surface area (Å²) in [5.74, 6) is 1.17. The third-order valence-electron chi connectivity index (χ3n) is 3.99. The third-order valence-corrected chi connectivity index (χ3v) is 4.61. The molecule has 20 heavy (non-hydrogen) atoms. The lowest BCUT2D eigenvalue weighted by Gasteiger charge is -2.24. The molecule has 1 aromatic carbocycles. The van der Waals surface area contributed by atoms with Crippen LogP contribution in [0, 0.1) is 5.92 Å². The van der Waals surface area contributed by atoms with E-state index in [9.17, 15) is 5.11 Å². The van der Waals surface area contributed by atoms with Gasteiger partial charge in [0.05, 0.1) is 22.8 Å². The molecular weight excluding hydrogens is 295 g/mol. The van der Waals surface area contributed by atoms with Crippen LogP contribution in [0.15, 0.2) is 12.1 Å². The highest BCUT2D eigenvalue weighted by Gasteiger charge is 2.21. The largest absolute Gasteiger partial charge is 0.492 e. The molecule has 0 aliphatic heterocycles. The molecule has 1 fully saturated rings. The highest BCUT2D eigenvalue weighted by molar-refractivity contribution is 6.34. The highest BCUT2D eigenvalue weighted by atomic mass is 35.5. The fourth-order valence-electron chi connectivity index (χ4n) is 2.93. The number of ether oxygens (including phenoxy) is 1. The second-order valence-electron chi connectivity index (χ2n) is 5.49. The van der Waals surface area contributed by atoms with Crippen LogP contribution in [0.5, 0.6) is 5.75 Å². The molecule has 0 aromatic heterocycles. The van der Waals surface area contributed by atoms with Gasteiger partial charge in [0.2, 0.25) is 0 Å². The summed E-state index contributed by atoms with van der Waals surface area (Å²) in [7, 11) is 0. The fraction of sp³-hybridized carbons (Fsp3) is 0.625. The zero-order valence-corrected chi connectivity index (χ0v) is 13.4. The second kappa shape index (κ2) is 7.53. The van der Waals surface area contributed by atoms with Crippen molar-refractivity contribution < 1.29 is 9.84 Å². The zero-order valence-electron chi connectivity index (χ0n) is 11.9. The van der Waals surface area contributed by atoms with Crippen molar-refractivity contribution in [2.75, 3.05) is 6.61 Å². The molecule has 112 valence electrons. The van der Waals surface area contributed by atoms with E-state index in [4.69, 9.17) is 27.9 Å². The summed E-state index contributed by atoms with van der Waals surface area (Å²) in [6.45, 7) is 2.44. The number of aliphatic hydroxyl groups excluding tert-OH is 1. The summed E-state index contributed by atoms with van der Waals surface area (Å²) in [5, 5.41) is 11.5. The van der Waals surface area contributed by atoms with Gasteiger partial charge in [-0.1, -0.05) is 55.3 Å². The maximum atomic E-state index is 10.4. The van der Waals surface area contributed by atoms with Crippen LogP contribution in [-0.2, 0) is 0 Å². The minimum absolute atomic E-state index is 0.508. The topological polar surface area (TPSA) is 29.5 Å². The molecule has 1 saturated carbocycles. The van der Waals surface area contributed by atoms with Gasteiger partial charge in [0.15, 0.2) is 0 Å². The van der Waals surface area contributed by atoms with E-state index in [1.54, 1.807) is 12.1 Å². The van der Waals surface area contributed by atoms with Crippen LogP contribution in [-0.4, -0.2) is 11.7 Å². The maximum absolute atomic E-state index is 10.4. The Morgan fingerprint density at radius 2 is 1.90 bits per heavy atom. The van der Waals surface area contributed by atoms with Gasteiger partial charge in [0.1, 0.15) is 5.75 Å². The lowest BCUT2D eigenvalue weighted by molar-refractivity contribution is 0.131. The predicted molar refractivity (Wildman–Crippen MR) is 83.8 cm³/mol. The smallest absolute Gasteiger partial charge is 0.139 e. The van der Waals surface area contributed by atoms with E-state index >= 15 is 0 Å². The normalized spacial score (nSPS) is 18.0. The van der Waals surface area contributed by atoms with Crippen LogP contribution in [0.1, 0.15) is 57.1 Å². The standard InChI is InChI=1S/C16H22Cl2O2/c1-2-20-16-10-13(17)12(9-14(16)18)15(19)8-11-6-4-3-5-7-11/h9-11,15,19H,2-8H2,1H3. The quantitative estimate of drug-likeness (QED) is 0.788. The van der Waals surface area contributed by atoms with E-state index in [1.807, 2.05) is 6.92 Å². The number of hydrogen-bond donors (Lipinski definition) is 1. The molecule has 1 atom stereocenters. The van der Waals surface area contributed by atoms with Crippen LogP contribution in [0.25, 0.3) is 0 Å². The Bertz CT molecular complexity index is 442. The fourth-order valence-corrected chi connectivity index (χ4v) is 3.44. The van der Waals surface area contributed by atoms with Crippen LogP contribution in [0.2, 0.25) is 10.0 Å². The van der Waals surface area contributed by atoms with E-state index in [0.29, 0.717) is 33.9 Å². The zero-order chi connectivity index (χ0) is 14.5. The first-order chi connectivity index (χ1) is 9.61. The van der Waals surface area contributed by atoms with Crippen molar-refractivity contribution in [3.8, 4) is 5.75 Å². The van der Waals surface area contributed by atoms with Crippen molar-refractivity contribution in [3.05, 3.63) is 27.7 Å². The van der Waals surface area contributed by atoms with Gasteiger partial charge >= 0.3 is 0 Å². The summed E-state index contributed by atoms with van der Waals surface area (Å²) >= 11 is 12.4. The van der Waals surface area contributed by atoms with Gasteiger partial charge in [-0.2, -0.15) is 0 Å². The summed E-state index contributed by atoms with van der Waals surface area (Å²) in [6.07, 6.45) is 6.51. The van der Waals surface area contributed by atoms with Gasteiger partial charge in [-0.05, 0) is 25.3 Å². The monoisotopic (exact) mass is 316 g/mol. The Kier molecular flexibility index (Phi) is 6.01. The summed E-state index contributed by atoms with van der Waals surface area (Å²) in [6, 6.07) is 3.44. The van der Waals surface area contributed by atoms with Crippen LogP contribution in [0.4, 0.5) is 0 Å². The summed E-state index contributed by atoms with van der Waals surface area (Å²) in [5.41, 5.74) is 0.714. The summed E-state index contributed by atoms with van der Waals surface area (Å²) < 4.78 is 5.40. The van der Waals surface area contributed by atoms with Gasteiger partial charge in [0.25, 0.3) is 0 Å². The minimum Gasteiger partial charge on any atom is -0.492 e. The molecule has 0 amide bonds. The van der Waals surface area contributed by atoms with Crippen LogP contribution < -0.4 is 4.74 Å². The maximum Gasteiger partial charge on any atom is 0.139 e. The number of benzene rings is 1. The van der Waals surface area contributed by atoms with Crippen molar-refractivity contribution >= 4 is 23.2 Å². The van der Waals surface area contributed by atoms with Crippen LogP contribution >= 0.6 is 23.2 Å². The van der Waals surface area contributed by atoms with Gasteiger partial charge in [-0.25, -0.2) is 0 Å². The highest BCUT2D eigenvalue weighted by Crippen LogP contribution is 2.38. The minimum atomic E-state index is -0.543. The van der Waals surface area contributed by atoms with Gasteiger partial charge < -0.3 is 9.84 Å². The molecular formula is C16H22Cl2O2. The van der Waals surface area contributed by atoms with Crippen LogP contribution in [0.3, 0.4) is 0 Å². The van der Waals surface area contributed by atoms with Crippen molar-refractivity contribution in [1.29, 1.82) is 0 Å². The van der Waals surface area contributed by atoms with E-state index in [0.717, 1.165) is 6.42 Å². The molecule has 2 nitrogen and oxygen atoms in total. The first-order valence-corrected chi connectivity index (χ1v) is 8.17. The predicted octanol–water partition coefficient (Wildman–Crippen LogP) is 5.40. The van der Waals surface area contributed by atoms with Crippen molar-refractivity contribution in [1.82, 2.24) is 0 Å². The third kappa shape index (κ3) is 4.03. The van der Waals surface area contributed by atoms with E-state index in [-0.39, 0.29) is 0 Å². The van der Waals surface area contributed by atoms with Crippen molar-refractivity contribution in [3.63, 3.8) is 0 Å². The van der Waals surface area contributed by atoms with Crippen molar-refractivity contribution in [2.45, 2.75) is 51.6 Å². The Hall–Kier alpha value is -0.440. The molecule has 0 bridgehead atoms. The molecule has 0 radical (unpaired) electrons. The Labute approximate surface area is 131 Å². The molecule has 0 saturated heterocycles. The Morgan fingerprint density at radius 1 is 1.20 bits per heavy atom. The number of rotatable bonds is 5. The molecule has 1 aliphatic rings. The number of hydrogen-bond acceptors (Lipinski definition) is 2. The van der Waals surface area contributed by atoms with E-state index in [2.05, 4.69) is 0 Å². The first kappa shape index (κ1) is 15.9. The molecule has 1 unspecified atom stereocenters. The number of aliphatic hydroxyl groups is 1. The summed E-state index contributed by atoms with van der Waals surface area (Å²) in [4.78, 5) is 0. The Morgan fingerprint density at radius 3 is 2.55 bits per heavy atom. The molecule has 0 heterocycles. The lowest BCUT2D eigenvalue weighted by Crippen LogP contribution is -2.11.